The maximum Gasteiger partial charge on any atom is 0.195 e. The van der Waals surface area contributed by atoms with Gasteiger partial charge in [0.05, 0.1) is 11.8 Å². The zero-order chi connectivity index (χ0) is 13.4. The average molecular weight is 280 g/mol. The molecule has 1 aliphatic rings. The zero-order valence-electron chi connectivity index (χ0n) is 11.4. The van der Waals surface area contributed by atoms with E-state index in [-0.39, 0.29) is 6.10 Å². The lowest BCUT2D eigenvalue weighted by Gasteiger charge is -2.36. The van der Waals surface area contributed by atoms with Crippen molar-refractivity contribution in [2.75, 3.05) is 25.1 Å². The van der Waals surface area contributed by atoms with Gasteiger partial charge in [-0.2, -0.15) is 0 Å². The molecule has 2 atom stereocenters. The minimum Gasteiger partial charge on any atom is -0.379 e. The zero-order valence-corrected chi connectivity index (χ0v) is 12.2. The van der Waals surface area contributed by atoms with E-state index < -0.39 is 0 Å². The van der Waals surface area contributed by atoms with Crippen molar-refractivity contribution < 1.29 is 4.74 Å². The number of ether oxygens (including phenoxy) is 1. The SMILES string of the molecule is COC1CN(c2nc3sccn3c2CN)CCC1C. The van der Waals surface area contributed by atoms with Gasteiger partial charge in [-0.05, 0) is 12.3 Å². The number of thiazole rings is 1. The first-order chi connectivity index (χ1) is 9.24. The fraction of sp³-hybridized carbons (Fsp3) is 0.615. The Hall–Kier alpha value is -1.11. The summed E-state index contributed by atoms with van der Waals surface area (Å²) in [6, 6.07) is 0. The molecule has 0 aliphatic carbocycles. The smallest absolute Gasteiger partial charge is 0.195 e. The number of hydrogen-bond donors (Lipinski definition) is 1. The summed E-state index contributed by atoms with van der Waals surface area (Å²) in [6.45, 7) is 4.69. The van der Waals surface area contributed by atoms with Gasteiger partial charge in [0.25, 0.3) is 0 Å². The first-order valence-electron chi connectivity index (χ1n) is 6.66. The van der Waals surface area contributed by atoms with Gasteiger partial charge in [0.1, 0.15) is 0 Å². The van der Waals surface area contributed by atoms with E-state index in [0.717, 1.165) is 36.0 Å². The summed E-state index contributed by atoms with van der Waals surface area (Å²) in [4.78, 5) is 8.07. The van der Waals surface area contributed by atoms with Crippen molar-refractivity contribution in [3.05, 3.63) is 17.3 Å². The van der Waals surface area contributed by atoms with Crippen molar-refractivity contribution >= 4 is 22.1 Å². The summed E-state index contributed by atoms with van der Waals surface area (Å²) in [6.07, 6.45) is 3.45. The predicted molar refractivity (Wildman–Crippen MR) is 77.8 cm³/mol. The summed E-state index contributed by atoms with van der Waals surface area (Å²) in [5.74, 6) is 1.63. The molecule has 2 unspecified atom stereocenters. The number of nitrogens with zero attached hydrogens (tertiary/aromatic N) is 3. The summed E-state index contributed by atoms with van der Waals surface area (Å²) in [5.41, 5.74) is 7.01. The Morgan fingerprint density at radius 2 is 2.42 bits per heavy atom. The third-order valence-corrected chi connectivity index (χ3v) is 4.78. The van der Waals surface area contributed by atoms with Crippen LogP contribution < -0.4 is 10.6 Å². The van der Waals surface area contributed by atoms with Crippen LogP contribution in [0.2, 0.25) is 0 Å². The monoisotopic (exact) mass is 280 g/mol. The number of piperidine rings is 1. The lowest BCUT2D eigenvalue weighted by molar-refractivity contribution is 0.0496. The molecule has 6 heteroatoms. The third-order valence-electron chi connectivity index (χ3n) is 4.02. The number of hydrogen-bond acceptors (Lipinski definition) is 5. The molecule has 104 valence electrons. The molecule has 0 amide bonds. The molecular formula is C13H20N4OS. The van der Waals surface area contributed by atoms with Gasteiger partial charge in [0.2, 0.25) is 0 Å². The minimum atomic E-state index is 0.277. The molecule has 3 rings (SSSR count). The Morgan fingerprint density at radius 3 is 3.16 bits per heavy atom. The molecule has 0 aromatic carbocycles. The van der Waals surface area contributed by atoms with Gasteiger partial charge in [-0.15, -0.1) is 11.3 Å². The molecule has 1 fully saturated rings. The Morgan fingerprint density at radius 1 is 1.58 bits per heavy atom. The molecule has 1 saturated heterocycles. The largest absolute Gasteiger partial charge is 0.379 e. The maximum atomic E-state index is 5.91. The maximum absolute atomic E-state index is 5.91. The first-order valence-corrected chi connectivity index (χ1v) is 7.54. The Balaban J connectivity index is 1.93. The second-order valence-electron chi connectivity index (χ2n) is 5.13. The van der Waals surface area contributed by atoms with Crippen molar-refractivity contribution in [1.82, 2.24) is 9.38 Å². The van der Waals surface area contributed by atoms with Crippen LogP contribution in [0.5, 0.6) is 0 Å². The fourth-order valence-corrected chi connectivity index (χ4v) is 3.53. The molecule has 1 aliphatic heterocycles. The summed E-state index contributed by atoms with van der Waals surface area (Å²) < 4.78 is 7.68. The van der Waals surface area contributed by atoms with Crippen molar-refractivity contribution in [2.45, 2.75) is 26.0 Å². The average Bonchev–Trinajstić information content (AvgIpc) is 2.99. The molecule has 2 aromatic heterocycles. The normalized spacial score (nSPS) is 24.3. The van der Waals surface area contributed by atoms with Gasteiger partial charge in [0, 0.05) is 38.3 Å². The number of methoxy groups -OCH3 is 1. The molecule has 19 heavy (non-hydrogen) atoms. The number of nitrogens with two attached hydrogens (primary N) is 1. The Kier molecular flexibility index (Phi) is 3.47. The van der Waals surface area contributed by atoms with Gasteiger partial charge >= 0.3 is 0 Å². The summed E-state index contributed by atoms with van der Waals surface area (Å²) in [5, 5.41) is 2.04. The lowest BCUT2D eigenvalue weighted by atomic mass is 9.96. The van der Waals surface area contributed by atoms with Crippen LogP contribution >= 0.6 is 11.3 Å². The highest BCUT2D eigenvalue weighted by molar-refractivity contribution is 7.15. The predicted octanol–water partition coefficient (Wildman–Crippen LogP) is 1.72. The van der Waals surface area contributed by atoms with Gasteiger partial charge in [-0.1, -0.05) is 6.92 Å². The van der Waals surface area contributed by atoms with Gasteiger partial charge in [0.15, 0.2) is 10.8 Å². The Labute approximate surface area is 117 Å². The highest BCUT2D eigenvalue weighted by atomic mass is 32.1. The third kappa shape index (κ3) is 2.13. The topological polar surface area (TPSA) is 55.8 Å². The Bertz CT molecular complexity index is 564. The first kappa shape index (κ1) is 12.9. The van der Waals surface area contributed by atoms with Crippen LogP contribution in [-0.4, -0.2) is 35.7 Å². The molecule has 2 N–H and O–H groups in total. The van der Waals surface area contributed by atoms with Crippen LogP contribution in [0, 0.1) is 5.92 Å². The van der Waals surface area contributed by atoms with Crippen molar-refractivity contribution in [2.24, 2.45) is 11.7 Å². The van der Waals surface area contributed by atoms with E-state index in [2.05, 4.69) is 16.2 Å². The number of fused-ring (bicyclic) bond motifs is 1. The molecule has 0 saturated carbocycles. The van der Waals surface area contributed by atoms with Crippen LogP contribution in [0.3, 0.4) is 0 Å². The van der Waals surface area contributed by atoms with Crippen LogP contribution in [-0.2, 0) is 11.3 Å². The van der Waals surface area contributed by atoms with E-state index in [9.17, 15) is 0 Å². The second-order valence-corrected chi connectivity index (χ2v) is 6.00. The van der Waals surface area contributed by atoms with E-state index >= 15 is 0 Å². The number of rotatable bonds is 3. The van der Waals surface area contributed by atoms with Crippen LogP contribution in [0.15, 0.2) is 11.6 Å². The van der Waals surface area contributed by atoms with Gasteiger partial charge < -0.3 is 15.4 Å². The molecule has 0 bridgehead atoms. The standard InChI is InChI=1S/C13H20N4OS/c1-9-3-4-16(8-11(9)18-2)12-10(7-14)17-5-6-19-13(17)15-12/h5-6,9,11H,3-4,7-8,14H2,1-2H3. The summed E-state index contributed by atoms with van der Waals surface area (Å²) >= 11 is 1.65. The van der Waals surface area contributed by atoms with E-state index in [1.807, 2.05) is 11.6 Å². The molecule has 5 nitrogen and oxygen atoms in total. The number of anilines is 1. The molecule has 0 spiro atoms. The quantitative estimate of drug-likeness (QED) is 0.930. The number of imidazole rings is 1. The molecule has 2 aromatic rings. The highest BCUT2D eigenvalue weighted by Crippen LogP contribution is 2.29. The highest BCUT2D eigenvalue weighted by Gasteiger charge is 2.29. The molecule has 0 radical (unpaired) electrons. The number of aromatic nitrogens is 2. The van der Waals surface area contributed by atoms with Crippen molar-refractivity contribution in [1.29, 1.82) is 0 Å². The summed E-state index contributed by atoms with van der Waals surface area (Å²) in [7, 11) is 1.79. The van der Waals surface area contributed by atoms with Crippen molar-refractivity contribution in [3.8, 4) is 0 Å². The van der Waals surface area contributed by atoms with E-state index in [1.165, 1.54) is 0 Å². The van der Waals surface area contributed by atoms with E-state index in [0.29, 0.717) is 12.5 Å². The van der Waals surface area contributed by atoms with Gasteiger partial charge in [-0.3, -0.25) is 4.40 Å². The molecule has 3 heterocycles. The fourth-order valence-electron chi connectivity index (χ4n) is 2.80. The lowest BCUT2D eigenvalue weighted by Crippen LogP contribution is -2.44. The van der Waals surface area contributed by atoms with E-state index in [4.69, 9.17) is 15.5 Å². The van der Waals surface area contributed by atoms with Crippen molar-refractivity contribution in [3.63, 3.8) is 0 Å². The second kappa shape index (κ2) is 5.11. The minimum absolute atomic E-state index is 0.277. The van der Waals surface area contributed by atoms with E-state index in [1.54, 1.807) is 18.4 Å². The van der Waals surface area contributed by atoms with Crippen LogP contribution in [0.4, 0.5) is 5.82 Å². The van der Waals surface area contributed by atoms with Crippen LogP contribution in [0.1, 0.15) is 19.0 Å². The molecular weight excluding hydrogens is 260 g/mol. The van der Waals surface area contributed by atoms with Crippen LogP contribution in [0.25, 0.3) is 4.96 Å². The van der Waals surface area contributed by atoms with Gasteiger partial charge in [-0.25, -0.2) is 4.98 Å².